The summed E-state index contributed by atoms with van der Waals surface area (Å²) in [6.07, 6.45) is 4.33. The second kappa shape index (κ2) is 11.6. The number of nitrogens with zero attached hydrogens (tertiary/aromatic N) is 8. The molecule has 3 aromatic rings. The van der Waals surface area contributed by atoms with E-state index < -0.39 is 22.3 Å². The van der Waals surface area contributed by atoms with Crippen molar-refractivity contribution in [3.63, 3.8) is 0 Å². The van der Waals surface area contributed by atoms with Crippen LogP contribution in [0.3, 0.4) is 0 Å². The van der Waals surface area contributed by atoms with Crippen LogP contribution in [0.4, 0.5) is 11.5 Å². The molecule has 16 nitrogen and oxygen atoms in total. The Balaban J connectivity index is 0.00000380. The monoisotopic (exact) mass is 536 g/mol. The summed E-state index contributed by atoms with van der Waals surface area (Å²) in [5, 5.41) is 40.3. The van der Waals surface area contributed by atoms with Crippen LogP contribution in [0.25, 0.3) is 5.82 Å². The van der Waals surface area contributed by atoms with E-state index in [-0.39, 0.29) is 47.1 Å². The molecule has 1 unspecified atom stereocenters. The van der Waals surface area contributed by atoms with Gasteiger partial charge in [-0.2, -0.15) is 9.78 Å². The van der Waals surface area contributed by atoms with Gasteiger partial charge in [0, 0.05) is 24.2 Å². The molecule has 1 aliphatic heterocycles. The zero-order valence-electron chi connectivity index (χ0n) is 19.9. The SMILES string of the molecule is COc1cc(/C=N\NC(=O)c2nnn(-c3nonc3N)c2CN2CCCCC2C)cc([N+](=O)[O-])c1O.Cl. The van der Waals surface area contributed by atoms with E-state index in [0.717, 1.165) is 31.9 Å². The molecule has 0 aliphatic carbocycles. The van der Waals surface area contributed by atoms with Gasteiger partial charge in [0.25, 0.3) is 5.91 Å². The Morgan fingerprint density at radius 2 is 2.22 bits per heavy atom. The molecule has 37 heavy (non-hydrogen) atoms. The largest absolute Gasteiger partial charge is 0.500 e. The number of phenols is 1. The van der Waals surface area contributed by atoms with Gasteiger partial charge in [0.15, 0.2) is 11.4 Å². The number of nitrogen functional groups attached to an aromatic ring is 1. The van der Waals surface area contributed by atoms with Crippen molar-refractivity contribution in [1.82, 2.24) is 35.6 Å². The highest BCUT2D eigenvalue weighted by atomic mass is 35.5. The fourth-order valence-corrected chi connectivity index (χ4v) is 3.91. The first-order valence-corrected chi connectivity index (χ1v) is 11.0. The number of carbonyl (C=O) groups excluding carboxylic acids is 1. The Morgan fingerprint density at radius 3 is 2.86 bits per heavy atom. The number of aromatic hydroxyl groups is 1. The molecule has 0 bridgehead atoms. The van der Waals surface area contributed by atoms with Crippen molar-refractivity contribution in [2.24, 2.45) is 5.10 Å². The first-order valence-electron chi connectivity index (χ1n) is 11.0. The molecule has 1 amide bonds. The summed E-state index contributed by atoms with van der Waals surface area (Å²) in [5.41, 5.74) is 8.22. The van der Waals surface area contributed by atoms with Crippen LogP contribution >= 0.6 is 12.4 Å². The Kier molecular flexibility index (Phi) is 8.56. The van der Waals surface area contributed by atoms with E-state index in [2.05, 4.69) is 47.6 Å². The van der Waals surface area contributed by atoms with Crippen LogP contribution in [0.2, 0.25) is 0 Å². The van der Waals surface area contributed by atoms with E-state index in [4.69, 9.17) is 10.5 Å². The van der Waals surface area contributed by atoms with Crippen LogP contribution in [-0.2, 0) is 6.54 Å². The van der Waals surface area contributed by atoms with E-state index in [0.29, 0.717) is 12.2 Å². The van der Waals surface area contributed by atoms with E-state index >= 15 is 0 Å². The molecule has 0 spiro atoms. The maximum Gasteiger partial charge on any atom is 0.315 e. The molecule has 198 valence electrons. The van der Waals surface area contributed by atoms with Crippen LogP contribution in [-0.4, -0.2) is 72.1 Å². The summed E-state index contributed by atoms with van der Waals surface area (Å²) < 4.78 is 10.9. The highest BCUT2D eigenvalue weighted by Gasteiger charge is 2.28. The molecule has 3 heterocycles. The van der Waals surface area contributed by atoms with E-state index in [9.17, 15) is 20.0 Å². The number of aromatic nitrogens is 5. The predicted molar refractivity (Wildman–Crippen MR) is 131 cm³/mol. The Morgan fingerprint density at radius 1 is 1.43 bits per heavy atom. The number of nitro groups is 1. The van der Waals surface area contributed by atoms with Gasteiger partial charge in [-0.05, 0) is 42.7 Å². The number of amides is 1. The number of hydrogen-bond donors (Lipinski definition) is 3. The van der Waals surface area contributed by atoms with Crippen molar-refractivity contribution in [2.45, 2.75) is 38.8 Å². The van der Waals surface area contributed by atoms with E-state index in [1.807, 2.05) is 0 Å². The quantitative estimate of drug-likeness (QED) is 0.212. The van der Waals surface area contributed by atoms with Crippen LogP contribution in [0.5, 0.6) is 11.5 Å². The van der Waals surface area contributed by atoms with Gasteiger partial charge in [-0.3, -0.25) is 19.8 Å². The number of likely N-dealkylation sites (tertiary alicyclic amines) is 1. The average Bonchev–Trinajstić information content (AvgIpc) is 3.46. The minimum absolute atomic E-state index is 0. The molecule has 17 heteroatoms. The Hall–Kier alpha value is -4.31. The van der Waals surface area contributed by atoms with Gasteiger partial charge in [-0.1, -0.05) is 11.6 Å². The molecule has 1 aromatic carbocycles. The van der Waals surface area contributed by atoms with Crippen molar-refractivity contribution in [3.05, 3.63) is 39.2 Å². The number of anilines is 1. The normalized spacial score (nSPS) is 15.9. The van der Waals surface area contributed by atoms with Crippen LogP contribution in [0.1, 0.15) is 47.9 Å². The fourth-order valence-electron chi connectivity index (χ4n) is 3.91. The van der Waals surface area contributed by atoms with Crippen molar-refractivity contribution in [2.75, 3.05) is 19.4 Å². The average molecular weight is 537 g/mol. The molecule has 1 fully saturated rings. The highest BCUT2D eigenvalue weighted by molar-refractivity contribution is 5.94. The number of phenolic OH excluding ortho intramolecular Hbond substituents is 1. The molecule has 0 saturated carbocycles. The zero-order valence-corrected chi connectivity index (χ0v) is 20.7. The van der Waals surface area contributed by atoms with Crippen molar-refractivity contribution < 1.29 is 24.2 Å². The van der Waals surface area contributed by atoms with Gasteiger partial charge in [0.05, 0.1) is 23.9 Å². The lowest BCUT2D eigenvalue weighted by Crippen LogP contribution is -2.38. The summed E-state index contributed by atoms with van der Waals surface area (Å²) in [5.74, 6) is -1.31. The standard InChI is InChI=1S/C20H24N10O6.ClH/c1-11-5-3-4-6-28(11)10-14-16(23-27-29(14)19-18(21)25-36-26-19)20(32)24-22-9-12-7-13(30(33)34)17(31)15(8-12)35-2;/h7-9,11,31H,3-6,10H2,1-2H3,(H2,21,25)(H,24,32);1H/b22-9-;. The summed E-state index contributed by atoms with van der Waals surface area (Å²) in [6, 6.07) is 2.70. The topological polar surface area (TPSA) is 213 Å². The third-order valence-electron chi connectivity index (χ3n) is 5.84. The number of carbonyl (C=O) groups is 1. The molecule has 4 rings (SSSR count). The summed E-state index contributed by atoms with van der Waals surface area (Å²) >= 11 is 0. The molecule has 1 atom stereocenters. The predicted octanol–water partition coefficient (Wildman–Crippen LogP) is 1.42. The third-order valence-corrected chi connectivity index (χ3v) is 5.84. The van der Waals surface area contributed by atoms with E-state index in [1.54, 1.807) is 0 Å². The number of halogens is 1. The first kappa shape index (κ1) is 27.3. The van der Waals surface area contributed by atoms with Crippen LogP contribution in [0, 0.1) is 10.1 Å². The first-order chi connectivity index (χ1) is 17.3. The third kappa shape index (κ3) is 5.75. The van der Waals surface area contributed by atoms with Crippen LogP contribution < -0.4 is 15.9 Å². The number of hydrogen-bond acceptors (Lipinski definition) is 13. The molecular formula is C20H25ClN10O6. The highest BCUT2D eigenvalue weighted by Crippen LogP contribution is 2.36. The van der Waals surface area contributed by atoms with Crippen LogP contribution in [0.15, 0.2) is 21.9 Å². The second-order valence-corrected chi connectivity index (χ2v) is 8.13. The Labute approximate surface area is 216 Å². The van der Waals surface area contributed by atoms with Gasteiger partial charge in [0.2, 0.25) is 17.4 Å². The summed E-state index contributed by atoms with van der Waals surface area (Å²) in [4.78, 5) is 25.6. The van der Waals surface area contributed by atoms with E-state index in [1.165, 1.54) is 24.1 Å². The smallest absolute Gasteiger partial charge is 0.315 e. The molecular weight excluding hydrogens is 512 g/mol. The fraction of sp³-hybridized carbons (Fsp3) is 0.400. The number of nitrogens with two attached hydrogens (primary N) is 1. The molecule has 2 aromatic heterocycles. The van der Waals surface area contributed by atoms with Gasteiger partial charge in [-0.25, -0.2) is 10.1 Å². The number of rotatable bonds is 8. The Bertz CT molecular complexity index is 1310. The number of nitro benzene ring substituents is 1. The zero-order chi connectivity index (χ0) is 25.8. The number of ether oxygens (including phenoxy) is 1. The lowest BCUT2D eigenvalue weighted by molar-refractivity contribution is -0.386. The second-order valence-electron chi connectivity index (χ2n) is 8.13. The number of piperidine rings is 1. The number of hydrazone groups is 1. The van der Waals surface area contributed by atoms with Crippen molar-refractivity contribution in [1.29, 1.82) is 0 Å². The number of benzene rings is 1. The minimum atomic E-state index is -0.760. The van der Waals surface area contributed by atoms with Gasteiger partial charge in [-0.15, -0.1) is 17.5 Å². The summed E-state index contributed by atoms with van der Waals surface area (Å²) in [7, 11) is 1.26. The lowest BCUT2D eigenvalue weighted by atomic mass is 10.0. The minimum Gasteiger partial charge on any atom is -0.500 e. The maximum atomic E-state index is 13.0. The molecule has 4 N–H and O–H groups in total. The van der Waals surface area contributed by atoms with Gasteiger partial charge in [0.1, 0.15) is 0 Å². The van der Waals surface area contributed by atoms with Gasteiger partial charge < -0.3 is 15.6 Å². The van der Waals surface area contributed by atoms with Gasteiger partial charge >= 0.3 is 5.69 Å². The number of nitrogens with one attached hydrogen (secondary N) is 1. The molecule has 1 saturated heterocycles. The number of methoxy groups -OCH3 is 1. The summed E-state index contributed by atoms with van der Waals surface area (Å²) in [6.45, 7) is 3.28. The lowest BCUT2D eigenvalue weighted by Gasteiger charge is -2.33. The van der Waals surface area contributed by atoms with Crippen molar-refractivity contribution in [3.8, 4) is 17.3 Å². The van der Waals surface area contributed by atoms with Crippen molar-refractivity contribution >= 4 is 36.0 Å². The molecule has 1 aliphatic rings. The molecule has 0 radical (unpaired) electrons. The maximum absolute atomic E-state index is 13.0.